The van der Waals surface area contributed by atoms with E-state index >= 15 is 0 Å². The average Bonchev–Trinajstić information content (AvgIpc) is 2.63. The number of aliphatic hydroxyl groups is 1. The van der Waals surface area contributed by atoms with Gasteiger partial charge in [0.25, 0.3) is 5.91 Å². The summed E-state index contributed by atoms with van der Waals surface area (Å²) in [7, 11) is 1.66. The lowest BCUT2D eigenvalue weighted by Gasteiger charge is -2.37. The van der Waals surface area contributed by atoms with E-state index in [1.165, 1.54) is 0 Å². The highest BCUT2D eigenvalue weighted by Crippen LogP contribution is 2.32. The Morgan fingerprint density at radius 3 is 2.48 bits per heavy atom. The van der Waals surface area contributed by atoms with Crippen molar-refractivity contribution < 1.29 is 14.6 Å². The highest BCUT2D eigenvalue weighted by molar-refractivity contribution is 5.95. The van der Waals surface area contributed by atoms with Gasteiger partial charge in [0.05, 0.1) is 13.2 Å². The molecule has 4 heteroatoms. The van der Waals surface area contributed by atoms with Crippen LogP contribution in [-0.2, 0) is 0 Å². The van der Waals surface area contributed by atoms with Crippen LogP contribution in [0, 0.1) is 5.92 Å². The van der Waals surface area contributed by atoms with Gasteiger partial charge in [0.15, 0.2) is 0 Å². The first-order valence-electron chi connectivity index (χ1n) is 8.84. The van der Waals surface area contributed by atoms with Gasteiger partial charge in [-0.2, -0.15) is 0 Å². The van der Waals surface area contributed by atoms with Crippen molar-refractivity contribution in [2.45, 2.75) is 38.3 Å². The molecule has 1 fully saturated rings. The van der Waals surface area contributed by atoms with Gasteiger partial charge in [-0.05, 0) is 48.9 Å². The first-order valence-corrected chi connectivity index (χ1v) is 8.84. The summed E-state index contributed by atoms with van der Waals surface area (Å²) >= 11 is 0. The van der Waals surface area contributed by atoms with Gasteiger partial charge in [-0.3, -0.25) is 4.79 Å². The smallest absolute Gasteiger partial charge is 0.251 e. The number of para-hydroxylation sites is 1. The molecule has 0 heterocycles. The number of methoxy groups -OCH3 is 1. The molecule has 0 aromatic heterocycles. The van der Waals surface area contributed by atoms with Gasteiger partial charge in [-0.25, -0.2) is 0 Å². The van der Waals surface area contributed by atoms with Crippen LogP contribution in [0.2, 0.25) is 0 Å². The molecule has 0 radical (unpaired) electrons. The summed E-state index contributed by atoms with van der Waals surface area (Å²) in [6.07, 6.45) is 2.25. The zero-order valence-electron chi connectivity index (χ0n) is 14.7. The van der Waals surface area contributed by atoms with Crippen molar-refractivity contribution >= 4 is 5.91 Å². The van der Waals surface area contributed by atoms with Crippen molar-refractivity contribution in [3.63, 3.8) is 0 Å². The first kappa shape index (κ1) is 17.5. The van der Waals surface area contributed by atoms with Crippen molar-refractivity contribution in [1.29, 1.82) is 0 Å². The van der Waals surface area contributed by atoms with E-state index in [-0.39, 0.29) is 18.1 Å². The molecule has 0 unspecified atom stereocenters. The largest absolute Gasteiger partial charge is 0.496 e. The first-order chi connectivity index (χ1) is 12.1. The number of benzene rings is 2. The number of ether oxygens (including phenoxy) is 1. The van der Waals surface area contributed by atoms with Gasteiger partial charge in [0, 0.05) is 17.2 Å². The van der Waals surface area contributed by atoms with E-state index in [9.17, 15) is 9.90 Å². The quantitative estimate of drug-likeness (QED) is 0.845. The molecule has 0 spiro atoms. The van der Waals surface area contributed by atoms with Gasteiger partial charge < -0.3 is 15.2 Å². The maximum atomic E-state index is 12.5. The summed E-state index contributed by atoms with van der Waals surface area (Å²) in [4.78, 5) is 12.5. The van der Waals surface area contributed by atoms with Crippen molar-refractivity contribution in [3.8, 4) is 16.9 Å². The SMILES string of the molecule is CC[C@@H](NC(=O)c1ccc(-c2ccccc2OC)cc1)C1CC(O)C1. The second-order valence-electron chi connectivity index (χ2n) is 6.65. The third-order valence-electron chi connectivity index (χ3n) is 5.04. The number of hydrogen-bond acceptors (Lipinski definition) is 3. The minimum Gasteiger partial charge on any atom is -0.496 e. The predicted octanol–water partition coefficient (Wildman–Crippen LogP) is 3.64. The molecule has 25 heavy (non-hydrogen) atoms. The van der Waals surface area contributed by atoms with Crippen molar-refractivity contribution in [2.24, 2.45) is 5.92 Å². The Balaban J connectivity index is 1.70. The van der Waals surface area contributed by atoms with E-state index < -0.39 is 0 Å². The Morgan fingerprint density at radius 2 is 1.88 bits per heavy atom. The number of carbonyl (C=O) groups excluding carboxylic acids is 1. The fourth-order valence-electron chi connectivity index (χ4n) is 3.45. The third kappa shape index (κ3) is 3.85. The Labute approximate surface area is 148 Å². The highest BCUT2D eigenvalue weighted by atomic mass is 16.5. The number of nitrogens with one attached hydrogen (secondary N) is 1. The normalized spacial score (nSPS) is 20.4. The standard InChI is InChI=1S/C21H25NO3/c1-3-19(16-12-17(23)13-16)22-21(24)15-10-8-14(9-11-15)18-6-4-5-7-20(18)25-2/h4-11,16-17,19,23H,3,12-13H2,1-2H3,(H,22,24)/t16?,17?,19-/m1/s1. The van der Waals surface area contributed by atoms with Crippen LogP contribution < -0.4 is 10.1 Å². The van der Waals surface area contributed by atoms with Crippen LogP contribution in [-0.4, -0.2) is 30.3 Å². The molecule has 0 aliphatic heterocycles. The summed E-state index contributed by atoms with van der Waals surface area (Å²) < 4.78 is 5.40. The maximum absolute atomic E-state index is 12.5. The van der Waals surface area contributed by atoms with E-state index in [0.29, 0.717) is 11.5 Å². The number of amides is 1. The lowest BCUT2D eigenvalue weighted by atomic mass is 9.76. The molecular formula is C21H25NO3. The lowest BCUT2D eigenvalue weighted by Crippen LogP contribution is -2.46. The second-order valence-corrected chi connectivity index (χ2v) is 6.65. The Hall–Kier alpha value is -2.33. The minimum atomic E-state index is -0.198. The summed E-state index contributed by atoms with van der Waals surface area (Å²) in [6, 6.07) is 15.5. The molecule has 3 rings (SSSR count). The third-order valence-corrected chi connectivity index (χ3v) is 5.04. The van der Waals surface area contributed by atoms with Crippen LogP contribution in [0.1, 0.15) is 36.5 Å². The van der Waals surface area contributed by atoms with Crippen LogP contribution in [0.25, 0.3) is 11.1 Å². The molecule has 1 amide bonds. The molecule has 2 N–H and O–H groups in total. The minimum absolute atomic E-state index is 0.0557. The highest BCUT2D eigenvalue weighted by Gasteiger charge is 2.33. The van der Waals surface area contributed by atoms with Gasteiger partial charge in [0.2, 0.25) is 0 Å². The lowest BCUT2D eigenvalue weighted by molar-refractivity contribution is 0.0232. The summed E-state index contributed by atoms with van der Waals surface area (Å²) in [5.74, 6) is 1.14. The van der Waals surface area contributed by atoms with Gasteiger partial charge >= 0.3 is 0 Å². The maximum Gasteiger partial charge on any atom is 0.251 e. The van der Waals surface area contributed by atoms with Crippen LogP contribution in [0.4, 0.5) is 0 Å². The number of carbonyl (C=O) groups is 1. The molecule has 1 saturated carbocycles. The zero-order valence-corrected chi connectivity index (χ0v) is 14.7. The monoisotopic (exact) mass is 339 g/mol. The van der Waals surface area contributed by atoms with Gasteiger partial charge in [-0.15, -0.1) is 0 Å². The molecule has 1 aliphatic rings. The zero-order chi connectivity index (χ0) is 17.8. The molecule has 132 valence electrons. The number of aliphatic hydroxyl groups excluding tert-OH is 1. The van der Waals surface area contributed by atoms with Gasteiger partial charge in [0.1, 0.15) is 5.75 Å². The van der Waals surface area contributed by atoms with Crippen LogP contribution >= 0.6 is 0 Å². The summed E-state index contributed by atoms with van der Waals surface area (Å²) in [5.41, 5.74) is 2.67. The van der Waals surface area contributed by atoms with E-state index in [4.69, 9.17) is 4.74 Å². The predicted molar refractivity (Wildman–Crippen MR) is 98.7 cm³/mol. The molecule has 4 nitrogen and oxygen atoms in total. The fraction of sp³-hybridized carbons (Fsp3) is 0.381. The second kappa shape index (κ2) is 7.70. The van der Waals surface area contributed by atoms with Crippen LogP contribution in [0.5, 0.6) is 5.75 Å². The molecule has 1 atom stereocenters. The van der Waals surface area contributed by atoms with Crippen molar-refractivity contribution in [1.82, 2.24) is 5.32 Å². The molecular weight excluding hydrogens is 314 g/mol. The molecule has 2 aromatic carbocycles. The fourth-order valence-corrected chi connectivity index (χ4v) is 3.45. The molecule has 2 aromatic rings. The van der Waals surface area contributed by atoms with Crippen molar-refractivity contribution in [3.05, 3.63) is 54.1 Å². The Bertz CT molecular complexity index is 720. The average molecular weight is 339 g/mol. The van der Waals surface area contributed by atoms with E-state index in [1.807, 2.05) is 48.5 Å². The molecule has 0 saturated heterocycles. The Morgan fingerprint density at radius 1 is 1.20 bits per heavy atom. The van der Waals surface area contributed by atoms with E-state index in [2.05, 4.69) is 12.2 Å². The summed E-state index contributed by atoms with van der Waals surface area (Å²) in [6.45, 7) is 2.07. The number of hydrogen-bond donors (Lipinski definition) is 2. The molecule has 1 aliphatic carbocycles. The van der Waals surface area contributed by atoms with E-state index in [1.54, 1.807) is 7.11 Å². The van der Waals surface area contributed by atoms with Crippen LogP contribution in [0.15, 0.2) is 48.5 Å². The van der Waals surface area contributed by atoms with Gasteiger partial charge in [-0.1, -0.05) is 37.3 Å². The number of rotatable bonds is 6. The topological polar surface area (TPSA) is 58.6 Å². The van der Waals surface area contributed by atoms with Crippen molar-refractivity contribution in [2.75, 3.05) is 7.11 Å². The Kier molecular flexibility index (Phi) is 5.39. The molecule has 0 bridgehead atoms. The van der Waals surface area contributed by atoms with Crippen LogP contribution in [0.3, 0.4) is 0 Å². The van der Waals surface area contributed by atoms with E-state index in [0.717, 1.165) is 36.1 Å². The summed E-state index contributed by atoms with van der Waals surface area (Å²) in [5, 5.41) is 12.6.